The number of rotatable bonds is 7. The molecular formula is C17H25N2+. The van der Waals surface area contributed by atoms with Crippen molar-refractivity contribution in [1.29, 1.82) is 0 Å². The molecule has 0 atom stereocenters. The highest BCUT2D eigenvalue weighted by Gasteiger charge is 2.17. The summed E-state index contributed by atoms with van der Waals surface area (Å²) in [5, 5.41) is 0. The molecule has 19 heavy (non-hydrogen) atoms. The van der Waals surface area contributed by atoms with E-state index in [1.807, 2.05) is 0 Å². The number of hydrogen-bond donors (Lipinski definition) is 0. The van der Waals surface area contributed by atoms with Crippen molar-refractivity contribution in [1.82, 2.24) is 4.57 Å². The number of nitrogens with zero attached hydrogens (tertiary/aromatic N) is 2. The van der Waals surface area contributed by atoms with E-state index in [0.717, 1.165) is 13.1 Å². The van der Waals surface area contributed by atoms with E-state index in [1.54, 1.807) is 0 Å². The Morgan fingerprint density at radius 1 is 1.00 bits per heavy atom. The lowest BCUT2D eigenvalue weighted by molar-refractivity contribution is -0.686. The summed E-state index contributed by atoms with van der Waals surface area (Å²) in [6.07, 6.45) is 9.66. The van der Waals surface area contributed by atoms with Crippen LogP contribution in [0.2, 0.25) is 0 Å². The van der Waals surface area contributed by atoms with Crippen LogP contribution < -0.4 is 4.57 Å². The lowest BCUT2D eigenvalue weighted by Gasteiger charge is -2.04. The van der Waals surface area contributed by atoms with Gasteiger partial charge >= 0.3 is 0 Å². The van der Waals surface area contributed by atoms with E-state index < -0.39 is 0 Å². The second kappa shape index (κ2) is 7.13. The number of imidazole rings is 1. The quantitative estimate of drug-likeness (QED) is 0.523. The molecule has 0 saturated heterocycles. The first-order valence-electron chi connectivity index (χ1n) is 7.50. The number of aryl methyl sites for hydroxylation is 2. The molecule has 2 heteroatoms. The van der Waals surface area contributed by atoms with Crippen molar-refractivity contribution in [2.75, 3.05) is 0 Å². The van der Waals surface area contributed by atoms with E-state index in [0.29, 0.717) is 0 Å². The Kier molecular flexibility index (Phi) is 5.20. The van der Waals surface area contributed by atoms with E-state index in [1.165, 1.54) is 37.1 Å². The van der Waals surface area contributed by atoms with E-state index in [2.05, 4.69) is 65.7 Å². The van der Waals surface area contributed by atoms with Crippen molar-refractivity contribution in [3.05, 3.63) is 42.7 Å². The van der Waals surface area contributed by atoms with Crippen LogP contribution in [0.4, 0.5) is 0 Å². The number of benzene rings is 1. The highest BCUT2D eigenvalue weighted by molar-refractivity contribution is 5.52. The summed E-state index contributed by atoms with van der Waals surface area (Å²) in [6.45, 7) is 6.60. The summed E-state index contributed by atoms with van der Waals surface area (Å²) in [5.74, 6) is 1.33. The Labute approximate surface area is 116 Å². The third-order valence-electron chi connectivity index (χ3n) is 3.60. The lowest BCUT2D eigenvalue weighted by atomic mass is 10.2. The summed E-state index contributed by atoms with van der Waals surface area (Å²) < 4.78 is 4.73. The maximum Gasteiger partial charge on any atom is 0.288 e. The SMILES string of the molecule is CCCCCC[n+]1ccn(CC)c1-c1ccccc1. The van der Waals surface area contributed by atoms with Crippen LogP contribution in [0.15, 0.2) is 42.7 Å². The first-order chi connectivity index (χ1) is 9.36. The van der Waals surface area contributed by atoms with E-state index >= 15 is 0 Å². The van der Waals surface area contributed by atoms with Crippen molar-refractivity contribution >= 4 is 0 Å². The molecular weight excluding hydrogens is 232 g/mol. The van der Waals surface area contributed by atoms with Gasteiger partial charge in [-0.25, -0.2) is 9.13 Å². The monoisotopic (exact) mass is 257 g/mol. The Balaban J connectivity index is 2.18. The Bertz CT molecular complexity index is 485. The summed E-state index contributed by atoms with van der Waals surface area (Å²) >= 11 is 0. The highest BCUT2D eigenvalue weighted by atomic mass is 15.1. The van der Waals surface area contributed by atoms with Gasteiger partial charge < -0.3 is 0 Å². The molecule has 0 spiro atoms. The molecule has 102 valence electrons. The molecule has 0 amide bonds. The molecule has 1 aromatic carbocycles. The molecule has 0 unspecified atom stereocenters. The van der Waals surface area contributed by atoms with Crippen molar-refractivity contribution in [3.63, 3.8) is 0 Å². The van der Waals surface area contributed by atoms with Crippen molar-refractivity contribution in [2.24, 2.45) is 0 Å². The van der Waals surface area contributed by atoms with E-state index in [4.69, 9.17) is 0 Å². The standard InChI is InChI=1S/C17H25N2/c1-3-5-6-10-13-19-15-14-18(4-2)17(19)16-11-8-7-9-12-16/h7-9,11-12,14-15H,3-6,10,13H2,1-2H3/q+1. The second-order valence-electron chi connectivity index (χ2n) is 5.03. The number of aromatic nitrogens is 2. The van der Waals surface area contributed by atoms with Gasteiger partial charge in [-0.05, 0) is 31.9 Å². The lowest BCUT2D eigenvalue weighted by Crippen LogP contribution is -2.34. The zero-order chi connectivity index (χ0) is 13.5. The maximum atomic E-state index is 2.40. The van der Waals surface area contributed by atoms with E-state index in [-0.39, 0.29) is 0 Å². The summed E-state index contributed by atoms with van der Waals surface area (Å²) in [6, 6.07) is 10.7. The molecule has 0 fully saturated rings. The van der Waals surface area contributed by atoms with Crippen LogP contribution in [-0.2, 0) is 13.1 Å². The molecule has 0 saturated carbocycles. The fourth-order valence-corrected chi connectivity index (χ4v) is 2.53. The number of hydrogen-bond acceptors (Lipinski definition) is 0. The molecule has 0 bridgehead atoms. The smallest absolute Gasteiger partial charge is 0.230 e. The third kappa shape index (κ3) is 3.46. The summed E-state index contributed by atoms with van der Waals surface area (Å²) in [4.78, 5) is 0. The van der Waals surface area contributed by atoms with Gasteiger partial charge in [-0.1, -0.05) is 38.0 Å². The normalized spacial score (nSPS) is 10.8. The molecule has 0 N–H and O–H groups in total. The predicted molar refractivity (Wildman–Crippen MR) is 79.9 cm³/mol. The van der Waals surface area contributed by atoms with E-state index in [9.17, 15) is 0 Å². The van der Waals surface area contributed by atoms with Crippen LogP contribution in [0.3, 0.4) is 0 Å². The largest absolute Gasteiger partial charge is 0.288 e. The second-order valence-corrected chi connectivity index (χ2v) is 5.03. The Hall–Kier alpha value is -1.57. The summed E-state index contributed by atoms with van der Waals surface area (Å²) in [5.41, 5.74) is 1.31. The molecule has 2 rings (SSSR count). The van der Waals surface area contributed by atoms with Crippen LogP contribution in [0, 0.1) is 0 Å². The topological polar surface area (TPSA) is 8.81 Å². The van der Waals surface area contributed by atoms with Gasteiger partial charge in [-0.2, -0.15) is 0 Å². The molecule has 2 nitrogen and oxygen atoms in total. The molecule has 0 aliphatic heterocycles. The average molecular weight is 257 g/mol. The zero-order valence-corrected chi connectivity index (χ0v) is 12.2. The fraction of sp³-hybridized carbons (Fsp3) is 0.471. The van der Waals surface area contributed by atoms with Crippen LogP contribution in [0.25, 0.3) is 11.4 Å². The third-order valence-corrected chi connectivity index (χ3v) is 3.60. The summed E-state index contributed by atoms with van der Waals surface area (Å²) in [7, 11) is 0. The number of unbranched alkanes of at least 4 members (excludes halogenated alkanes) is 3. The van der Waals surface area contributed by atoms with Crippen molar-refractivity contribution in [3.8, 4) is 11.4 Å². The molecule has 0 aliphatic rings. The minimum Gasteiger partial charge on any atom is -0.230 e. The first-order valence-corrected chi connectivity index (χ1v) is 7.50. The minimum atomic E-state index is 1.02. The van der Waals surface area contributed by atoms with Gasteiger partial charge in [0.05, 0.1) is 18.7 Å². The fourth-order valence-electron chi connectivity index (χ4n) is 2.53. The van der Waals surface area contributed by atoms with Crippen LogP contribution in [0.5, 0.6) is 0 Å². The maximum absolute atomic E-state index is 2.40. The van der Waals surface area contributed by atoms with Crippen LogP contribution in [-0.4, -0.2) is 4.57 Å². The van der Waals surface area contributed by atoms with Gasteiger partial charge in [0, 0.05) is 0 Å². The van der Waals surface area contributed by atoms with Crippen molar-refractivity contribution in [2.45, 2.75) is 52.6 Å². The minimum absolute atomic E-state index is 1.02. The van der Waals surface area contributed by atoms with Gasteiger partial charge in [-0.3, -0.25) is 0 Å². The molecule has 1 heterocycles. The van der Waals surface area contributed by atoms with Gasteiger partial charge in [0.1, 0.15) is 12.4 Å². The van der Waals surface area contributed by atoms with Gasteiger partial charge in [0.15, 0.2) is 0 Å². The molecule has 2 aromatic rings. The van der Waals surface area contributed by atoms with Gasteiger partial charge in [0.25, 0.3) is 5.82 Å². The molecule has 0 aliphatic carbocycles. The van der Waals surface area contributed by atoms with Crippen molar-refractivity contribution < 1.29 is 4.57 Å². The molecule has 0 radical (unpaired) electrons. The Morgan fingerprint density at radius 2 is 1.79 bits per heavy atom. The first kappa shape index (κ1) is 13.9. The molecule has 1 aromatic heterocycles. The highest BCUT2D eigenvalue weighted by Crippen LogP contribution is 2.15. The predicted octanol–water partition coefficient (Wildman–Crippen LogP) is 4.04. The van der Waals surface area contributed by atoms with Crippen LogP contribution in [0.1, 0.15) is 39.5 Å². The van der Waals surface area contributed by atoms with Gasteiger partial charge in [0.2, 0.25) is 0 Å². The van der Waals surface area contributed by atoms with Crippen LogP contribution >= 0.6 is 0 Å². The Morgan fingerprint density at radius 3 is 2.47 bits per heavy atom. The zero-order valence-electron chi connectivity index (χ0n) is 12.2. The van der Waals surface area contributed by atoms with Gasteiger partial charge in [-0.15, -0.1) is 0 Å². The average Bonchev–Trinajstić information content (AvgIpc) is 2.87.